The minimum atomic E-state index is -0.0244. The first-order valence-electron chi connectivity index (χ1n) is 5.76. The van der Waals surface area contributed by atoms with Crippen LogP contribution >= 0.6 is 15.9 Å². The third kappa shape index (κ3) is 2.19. The van der Waals surface area contributed by atoms with E-state index in [-0.39, 0.29) is 6.04 Å². The lowest BCUT2D eigenvalue weighted by Gasteiger charge is -2.10. The monoisotopic (exact) mass is 321 g/mol. The van der Waals surface area contributed by atoms with Crippen molar-refractivity contribution in [2.75, 3.05) is 5.32 Å². The third-order valence-corrected chi connectivity index (χ3v) is 3.41. The fraction of sp³-hybridized carbons (Fsp3) is 0.273. The number of hydrogen-bond donors (Lipinski definition) is 1. The summed E-state index contributed by atoms with van der Waals surface area (Å²) in [5, 5.41) is 15.5. The number of aryl methyl sites for hydroxylation is 1. The summed E-state index contributed by atoms with van der Waals surface area (Å²) in [6.07, 6.45) is 3.52. The van der Waals surface area contributed by atoms with E-state index in [4.69, 9.17) is 0 Å². The molecule has 0 amide bonds. The van der Waals surface area contributed by atoms with Gasteiger partial charge in [-0.05, 0) is 35.0 Å². The van der Waals surface area contributed by atoms with E-state index >= 15 is 0 Å². The van der Waals surface area contributed by atoms with Crippen LogP contribution in [0.1, 0.15) is 18.8 Å². The Morgan fingerprint density at radius 2 is 2.26 bits per heavy atom. The predicted molar refractivity (Wildman–Crippen MR) is 73.7 cm³/mol. The molecule has 7 nitrogen and oxygen atoms in total. The third-order valence-electron chi connectivity index (χ3n) is 2.79. The molecule has 3 aromatic heterocycles. The predicted octanol–water partition coefficient (Wildman–Crippen LogP) is 1.79. The molecule has 0 radical (unpaired) electrons. The molecule has 0 bridgehead atoms. The zero-order valence-electron chi connectivity index (χ0n) is 10.4. The maximum Gasteiger partial charge on any atom is 0.243 e. The number of halogens is 1. The van der Waals surface area contributed by atoms with Crippen LogP contribution in [0.4, 0.5) is 5.95 Å². The highest BCUT2D eigenvalue weighted by atomic mass is 79.9. The van der Waals surface area contributed by atoms with Gasteiger partial charge in [0.25, 0.3) is 0 Å². The molecule has 3 aromatic rings. The summed E-state index contributed by atoms with van der Waals surface area (Å²) in [6.45, 7) is 1.99. The number of pyridine rings is 1. The number of nitrogens with zero attached hydrogens (tertiary/aromatic N) is 6. The van der Waals surface area contributed by atoms with E-state index in [1.165, 1.54) is 0 Å². The zero-order valence-corrected chi connectivity index (χ0v) is 12.0. The molecule has 3 rings (SSSR count). The van der Waals surface area contributed by atoms with Gasteiger partial charge in [0.2, 0.25) is 5.95 Å². The Morgan fingerprint density at radius 3 is 2.95 bits per heavy atom. The Bertz CT molecular complexity index is 717. The molecule has 0 saturated heterocycles. The number of nitrogens with one attached hydrogen (secondary N) is 1. The van der Waals surface area contributed by atoms with Crippen molar-refractivity contribution in [1.82, 2.24) is 29.4 Å². The van der Waals surface area contributed by atoms with E-state index in [0.29, 0.717) is 5.95 Å². The number of hydrogen-bond acceptors (Lipinski definition) is 5. The molecule has 1 unspecified atom stereocenters. The summed E-state index contributed by atoms with van der Waals surface area (Å²) in [7, 11) is 1.90. The maximum atomic E-state index is 4.43. The van der Waals surface area contributed by atoms with Crippen LogP contribution in [-0.2, 0) is 7.05 Å². The second kappa shape index (κ2) is 4.61. The number of anilines is 1. The molecule has 98 valence electrons. The molecular weight excluding hydrogens is 310 g/mol. The fourth-order valence-electron chi connectivity index (χ4n) is 1.88. The quantitative estimate of drug-likeness (QED) is 0.796. The summed E-state index contributed by atoms with van der Waals surface area (Å²) in [4.78, 5) is 4.43. The molecule has 3 heterocycles. The molecule has 0 aliphatic carbocycles. The van der Waals surface area contributed by atoms with Crippen molar-refractivity contribution in [2.24, 2.45) is 7.05 Å². The number of fused-ring (bicyclic) bond motifs is 1. The van der Waals surface area contributed by atoms with Gasteiger partial charge in [0.05, 0.1) is 10.5 Å². The van der Waals surface area contributed by atoms with Gasteiger partial charge in [0.1, 0.15) is 6.33 Å². The highest BCUT2D eigenvalue weighted by molar-refractivity contribution is 9.10. The molecule has 0 aromatic carbocycles. The van der Waals surface area contributed by atoms with Crippen LogP contribution in [0.3, 0.4) is 0 Å². The standard InChI is InChI=1S/C11H12BrN7/c1-7(9-16-13-6-18(9)2)14-11-15-10-8(12)4-3-5-19(10)17-11/h3-7H,1-2H3,(H,14,17). The topological polar surface area (TPSA) is 72.9 Å². The highest BCUT2D eigenvalue weighted by Crippen LogP contribution is 2.19. The molecule has 19 heavy (non-hydrogen) atoms. The van der Waals surface area contributed by atoms with Gasteiger partial charge in [-0.25, -0.2) is 4.52 Å². The van der Waals surface area contributed by atoms with Crippen molar-refractivity contribution >= 4 is 27.5 Å². The fourth-order valence-corrected chi connectivity index (χ4v) is 2.30. The van der Waals surface area contributed by atoms with Crippen molar-refractivity contribution in [1.29, 1.82) is 0 Å². The van der Waals surface area contributed by atoms with Gasteiger partial charge in [0.15, 0.2) is 11.5 Å². The average molecular weight is 322 g/mol. The van der Waals surface area contributed by atoms with Gasteiger partial charge in [-0.2, -0.15) is 4.98 Å². The summed E-state index contributed by atoms with van der Waals surface area (Å²) in [6, 6.07) is 3.81. The van der Waals surface area contributed by atoms with Gasteiger partial charge < -0.3 is 9.88 Å². The first-order chi connectivity index (χ1) is 9.15. The maximum absolute atomic E-state index is 4.43. The van der Waals surface area contributed by atoms with E-state index in [2.05, 4.69) is 41.5 Å². The molecule has 1 N–H and O–H groups in total. The zero-order chi connectivity index (χ0) is 13.4. The van der Waals surface area contributed by atoms with E-state index in [0.717, 1.165) is 15.9 Å². The van der Waals surface area contributed by atoms with Crippen LogP contribution in [0.2, 0.25) is 0 Å². The summed E-state index contributed by atoms with van der Waals surface area (Å²) in [5.74, 6) is 1.39. The van der Waals surface area contributed by atoms with Crippen LogP contribution in [0, 0.1) is 0 Å². The van der Waals surface area contributed by atoms with Crippen molar-refractivity contribution in [3.8, 4) is 0 Å². The molecule has 0 aliphatic rings. The lowest BCUT2D eigenvalue weighted by molar-refractivity contribution is 0.712. The number of rotatable bonds is 3. The normalized spacial score (nSPS) is 12.8. The van der Waals surface area contributed by atoms with E-state index in [9.17, 15) is 0 Å². The smallest absolute Gasteiger partial charge is 0.243 e. The first-order valence-corrected chi connectivity index (χ1v) is 6.56. The SMILES string of the molecule is CC(Nc1nc2c(Br)cccn2n1)c1nncn1C. The molecule has 0 spiro atoms. The summed E-state index contributed by atoms with van der Waals surface area (Å²) < 4.78 is 4.49. The van der Waals surface area contributed by atoms with E-state index in [1.807, 2.05) is 36.9 Å². The highest BCUT2D eigenvalue weighted by Gasteiger charge is 2.14. The molecule has 0 aliphatic heterocycles. The van der Waals surface area contributed by atoms with Crippen LogP contribution in [-0.4, -0.2) is 29.4 Å². The first kappa shape index (κ1) is 12.1. The van der Waals surface area contributed by atoms with Crippen molar-refractivity contribution in [3.63, 3.8) is 0 Å². The summed E-state index contributed by atoms with van der Waals surface area (Å²) in [5.41, 5.74) is 0.773. The largest absolute Gasteiger partial charge is 0.343 e. The van der Waals surface area contributed by atoms with Crippen molar-refractivity contribution in [3.05, 3.63) is 35.0 Å². The Kier molecular flexibility index (Phi) is 2.94. The Labute approximate surface area is 117 Å². The lowest BCUT2D eigenvalue weighted by atomic mass is 10.3. The van der Waals surface area contributed by atoms with E-state index < -0.39 is 0 Å². The second-order valence-corrected chi connectivity index (χ2v) is 5.08. The Morgan fingerprint density at radius 1 is 1.42 bits per heavy atom. The van der Waals surface area contributed by atoms with Crippen molar-refractivity contribution in [2.45, 2.75) is 13.0 Å². The average Bonchev–Trinajstić information content (AvgIpc) is 2.95. The Hall–Kier alpha value is -1.96. The van der Waals surface area contributed by atoms with E-state index in [1.54, 1.807) is 10.8 Å². The minimum Gasteiger partial charge on any atom is -0.343 e. The Balaban J connectivity index is 1.89. The van der Waals surface area contributed by atoms with Gasteiger partial charge in [-0.15, -0.1) is 15.3 Å². The summed E-state index contributed by atoms with van der Waals surface area (Å²) >= 11 is 3.45. The van der Waals surface area contributed by atoms with Crippen LogP contribution in [0.25, 0.3) is 5.65 Å². The lowest BCUT2D eigenvalue weighted by Crippen LogP contribution is -2.12. The van der Waals surface area contributed by atoms with Crippen molar-refractivity contribution < 1.29 is 0 Å². The molecule has 0 fully saturated rings. The number of aromatic nitrogens is 6. The van der Waals surface area contributed by atoms with Gasteiger partial charge in [-0.1, -0.05) is 0 Å². The molecular formula is C11H12BrN7. The van der Waals surface area contributed by atoms with Crippen LogP contribution in [0.15, 0.2) is 29.1 Å². The van der Waals surface area contributed by atoms with Crippen LogP contribution < -0.4 is 5.32 Å². The molecule has 8 heteroatoms. The molecule has 1 atom stereocenters. The van der Waals surface area contributed by atoms with Gasteiger partial charge >= 0.3 is 0 Å². The molecule has 0 saturated carbocycles. The second-order valence-electron chi connectivity index (χ2n) is 4.23. The minimum absolute atomic E-state index is 0.0244. The van der Waals surface area contributed by atoms with Gasteiger partial charge in [0, 0.05) is 13.2 Å². The van der Waals surface area contributed by atoms with Gasteiger partial charge in [-0.3, -0.25) is 0 Å². The van der Waals surface area contributed by atoms with Crippen LogP contribution in [0.5, 0.6) is 0 Å².